The number of rotatable bonds is 4. The molecule has 0 spiro atoms. The number of halogens is 1. The van der Waals surface area contributed by atoms with Crippen molar-refractivity contribution < 1.29 is 9.59 Å². The molecule has 1 unspecified atom stereocenters. The van der Waals surface area contributed by atoms with E-state index < -0.39 is 5.25 Å². The number of nitrogens with zero attached hydrogens (tertiary/aromatic N) is 1. The number of nitrogens with one attached hydrogen (secondary N) is 1. The van der Waals surface area contributed by atoms with Gasteiger partial charge in [0.05, 0.1) is 10.9 Å². The molecule has 1 aliphatic rings. The number of para-hydroxylation sites is 1. The minimum atomic E-state index is -0.441. The normalized spacial score (nSPS) is 16.2. The van der Waals surface area contributed by atoms with Gasteiger partial charge in [0.2, 0.25) is 11.8 Å². The topological polar surface area (TPSA) is 49.4 Å². The summed E-state index contributed by atoms with van der Waals surface area (Å²) < 4.78 is 0. The van der Waals surface area contributed by atoms with Crippen molar-refractivity contribution in [3.63, 3.8) is 0 Å². The average molecular weight is 361 g/mol. The molecule has 6 heteroatoms. The minimum absolute atomic E-state index is 0.0613. The monoisotopic (exact) mass is 360 g/mol. The SMILES string of the molecule is CCN(C(=O)CC1Sc2ccc(Cl)cc2NC1=O)c1ccccc1. The molecule has 2 aromatic carbocycles. The van der Waals surface area contributed by atoms with Crippen LogP contribution in [0.15, 0.2) is 53.4 Å². The third kappa shape index (κ3) is 3.57. The number of anilines is 2. The molecule has 0 saturated heterocycles. The lowest BCUT2D eigenvalue weighted by atomic mass is 10.2. The van der Waals surface area contributed by atoms with Crippen molar-refractivity contribution in [3.8, 4) is 0 Å². The number of carbonyl (C=O) groups excluding carboxylic acids is 2. The van der Waals surface area contributed by atoms with Crippen LogP contribution in [0.3, 0.4) is 0 Å². The molecule has 2 aromatic rings. The zero-order valence-corrected chi connectivity index (χ0v) is 14.7. The molecule has 4 nitrogen and oxygen atoms in total. The van der Waals surface area contributed by atoms with Crippen molar-refractivity contribution in [2.24, 2.45) is 0 Å². The summed E-state index contributed by atoms with van der Waals surface area (Å²) in [5.74, 6) is -0.221. The Labute approximate surface area is 150 Å². The maximum Gasteiger partial charge on any atom is 0.238 e. The number of amides is 2. The molecule has 0 aliphatic carbocycles. The van der Waals surface area contributed by atoms with Gasteiger partial charge in [0.25, 0.3) is 0 Å². The van der Waals surface area contributed by atoms with Gasteiger partial charge in [-0.1, -0.05) is 29.8 Å². The Hall–Kier alpha value is -1.98. The zero-order chi connectivity index (χ0) is 17.1. The molecule has 3 rings (SSSR count). The van der Waals surface area contributed by atoms with Crippen LogP contribution in [-0.2, 0) is 9.59 Å². The van der Waals surface area contributed by atoms with Gasteiger partial charge in [0, 0.05) is 28.6 Å². The third-order valence-electron chi connectivity index (χ3n) is 3.81. The first-order valence-electron chi connectivity index (χ1n) is 7.71. The molecule has 0 bridgehead atoms. The smallest absolute Gasteiger partial charge is 0.238 e. The van der Waals surface area contributed by atoms with Crippen LogP contribution in [0, 0.1) is 0 Å². The van der Waals surface area contributed by atoms with E-state index >= 15 is 0 Å². The Morgan fingerprint density at radius 3 is 2.71 bits per heavy atom. The second-order valence-electron chi connectivity index (χ2n) is 5.41. The van der Waals surface area contributed by atoms with Crippen molar-refractivity contribution in [1.82, 2.24) is 0 Å². The van der Waals surface area contributed by atoms with Crippen LogP contribution in [-0.4, -0.2) is 23.6 Å². The lowest BCUT2D eigenvalue weighted by molar-refractivity contribution is -0.122. The van der Waals surface area contributed by atoms with E-state index in [1.54, 1.807) is 17.0 Å². The number of hydrogen-bond donors (Lipinski definition) is 1. The second-order valence-corrected chi connectivity index (χ2v) is 7.09. The molecule has 1 aliphatic heterocycles. The summed E-state index contributed by atoms with van der Waals surface area (Å²) in [6, 6.07) is 14.9. The summed E-state index contributed by atoms with van der Waals surface area (Å²) in [5, 5.41) is 2.97. The Morgan fingerprint density at radius 2 is 2.00 bits per heavy atom. The number of fused-ring (bicyclic) bond motifs is 1. The van der Waals surface area contributed by atoms with Gasteiger partial charge >= 0.3 is 0 Å². The molecule has 1 heterocycles. The largest absolute Gasteiger partial charge is 0.324 e. The summed E-state index contributed by atoms with van der Waals surface area (Å²) in [7, 11) is 0. The lowest BCUT2D eigenvalue weighted by Gasteiger charge is -2.27. The molecule has 1 N–H and O–H groups in total. The second kappa shape index (κ2) is 7.28. The van der Waals surface area contributed by atoms with Gasteiger partial charge in [0.1, 0.15) is 0 Å². The fourth-order valence-corrected chi connectivity index (χ4v) is 3.89. The fraction of sp³-hybridized carbons (Fsp3) is 0.222. The molecule has 0 aromatic heterocycles. The van der Waals surface area contributed by atoms with Gasteiger partial charge in [-0.05, 0) is 37.3 Å². The Kier molecular flexibility index (Phi) is 5.11. The predicted molar refractivity (Wildman–Crippen MR) is 98.8 cm³/mol. The summed E-state index contributed by atoms with van der Waals surface area (Å²) >= 11 is 7.36. The van der Waals surface area contributed by atoms with Gasteiger partial charge in [-0.2, -0.15) is 0 Å². The van der Waals surface area contributed by atoms with Crippen LogP contribution in [0.5, 0.6) is 0 Å². The van der Waals surface area contributed by atoms with E-state index in [9.17, 15) is 9.59 Å². The van der Waals surface area contributed by atoms with Gasteiger partial charge < -0.3 is 10.2 Å². The van der Waals surface area contributed by atoms with Gasteiger partial charge in [-0.15, -0.1) is 11.8 Å². The maximum absolute atomic E-state index is 12.7. The molecule has 1 atom stereocenters. The quantitative estimate of drug-likeness (QED) is 0.889. The molecule has 124 valence electrons. The van der Waals surface area contributed by atoms with Gasteiger partial charge in [0.15, 0.2) is 0 Å². The molecular formula is C18H17ClN2O2S. The molecule has 0 fully saturated rings. The van der Waals surface area contributed by atoms with E-state index in [1.165, 1.54) is 11.8 Å². The van der Waals surface area contributed by atoms with Crippen molar-refractivity contribution in [1.29, 1.82) is 0 Å². The first-order chi connectivity index (χ1) is 11.6. The number of benzene rings is 2. The lowest BCUT2D eigenvalue weighted by Crippen LogP contribution is -2.37. The number of carbonyl (C=O) groups is 2. The van der Waals surface area contributed by atoms with Gasteiger partial charge in [-0.25, -0.2) is 0 Å². The van der Waals surface area contributed by atoms with Crippen LogP contribution in [0.4, 0.5) is 11.4 Å². The zero-order valence-electron chi connectivity index (χ0n) is 13.2. The predicted octanol–water partition coefficient (Wildman–Crippen LogP) is 4.20. The average Bonchev–Trinajstić information content (AvgIpc) is 2.57. The summed E-state index contributed by atoms with van der Waals surface area (Å²) in [4.78, 5) is 27.6. The van der Waals surface area contributed by atoms with Crippen LogP contribution >= 0.6 is 23.4 Å². The molecule has 2 amide bonds. The Balaban J connectivity index is 1.74. The minimum Gasteiger partial charge on any atom is -0.324 e. The highest BCUT2D eigenvalue weighted by Crippen LogP contribution is 2.38. The molecular weight excluding hydrogens is 344 g/mol. The van der Waals surface area contributed by atoms with E-state index in [1.807, 2.05) is 43.3 Å². The number of thioether (sulfide) groups is 1. The molecule has 0 saturated carbocycles. The third-order valence-corrected chi connectivity index (χ3v) is 5.32. The standard InChI is InChI=1S/C18H17ClN2O2S/c1-2-21(13-6-4-3-5-7-13)17(22)11-16-18(23)20-14-10-12(19)8-9-15(14)24-16/h3-10,16H,2,11H2,1H3,(H,20,23). The first kappa shape index (κ1) is 16.9. The highest BCUT2D eigenvalue weighted by molar-refractivity contribution is 8.01. The van der Waals surface area contributed by atoms with Gasteiger partial charge in [-0.3, -0.25) is 9.59 Å². The Morgan fingerprint density at radius 1 is 1.25 bits per heavy atom. The van der Waals surface area contributed by atoms with Crippen molar-refractivity contribution in [3.05, 3.63) is 53.6 Å². The highest BCUT2D eigenvalue weighted by atomic mass is 35.5. The van der Waals surface area contributed by atoms with Crippen LogP contribution in [0.1, 0.15) is 13.3 Å². The maximum atomic E-state index is 12.7. The summed E-state index contributed by atoms with van der Waals surface area (Å²) in [6.45, 7) is 2.49. The van der Waals surface area contributed by atoms with E-state index in [4.69, 9.17) is 11.6 Å². The van der Waals surface area contributed by atoms with Crippen molar-refractivity contribution in [2.45, 2.75) is 23.5 Å². The highest BCUT2D eigenvalue weighted by Gasteiger charge is 2.30. The summed E-state index contributed by atoms with van der Waals surface area (Å²) in [5.41, 5.74) is 1.55. The van der Waals surface area contributed by atoms with E-state index in [0.29, 0.717) is 17.3 Å². The van der Waals surface area contributed by atoms with Crippen LogP contribution in [0.25, 0.3) is 0 Å². The van der Waals surface area contributed by atoms with Crippen LogP contribution in [0.2, 0.25) is 5.02 Å². The van der Waals surface area contributed by atoms with Crippen molar-refractivity contribution in [2.75, 3.05) is 16.8 Å². The summed E-state index contributed by atoms with van der Waals surface area (Å²) in [6.07, 6.45) is 0.154. The van der Waals surface area contributed by atoms with E-state index in [0.717, 1.165) is 10.6 Å². The van der Waals surface area contributed by atoms with Crippen LogP contribution < -0.4 is 10.2 Å². The molecule has 24 heavy (non-hydrogen) atoms. The van der Waals surface area contributed by atoms with E-state index in [2.05, 4.69) is 5.32 Å². The first-order valence-corrected chi connectivity index (χ1v) is 8.96. The fourth-order valence-electron chi connectivity index (χ4n) is 2.64. The van der Waals surface area contributed by atoms with E-state index in [-0.39, 0.29) is 18.2 Å². The molecule has 0 radical (unpaired) electrons. The van der Waals surface area contributed by atoms with Crippen molar-refractivity contribution >= 4 is 46.6 Å². The number of hydrogen-bond acceptors (Lipinski definition) is 3. The Bertz CT molecular complexity index is 767.